The van der Waals surface area contributed by atoms with Crippen molar-refractivity contribution in [1.82, 2.24) is 0 Å². The SMILES string of the molecule is COc1ccc(C)cc1NC(=O)Cc1ccc(N(C)S(=O)(=O)c2ccc(C)cc2)cc1. The van der Waals surface area contributed by atoms with Gasteiger partial charge >= 0.3 is 0 Å². The van der Waals surface area contributed by atoms with Gasteiger partial charge in [0.2, 0.25) is 5.91 Å². The minimum atomic E-state index is -3.66. The number of aryl methyl sites for hydroxylation is 2. The van der Waals surface area contributed by atoms with E-state index < -0.39 is 10.0 Å². The highest BCUT2D eigenvalue weighted by Crippen LogP contribution is 2.26. The summed E-state index contributed by atoms with van der Waals surface area (Å²) in [7, 11) is -0.586. The molecule has 3 rings (SSSR count). The number of anilines is 2. The molecule has 0 spiro atoms. The van der Waals surface area contributed by atoms with Gasteiger partial charge in [-0.2, -0.15) is 0 Å². The first-order valence-corrected chi connectivity index (χ1v) is 11.2. The first-order chi connectivity index (χ1) is 14.7. The predicted octanol–water partition coefficient (Wildman–Crippen LogP) is 4.32. The van der Waals surface area contributed by atoms with E-state index in [9.17, 15) is 13.2 Å². The molecule has 0 aliphatic rings. The van der Waals surface area contributed by atoms with E-state index in [1.54, 1.807) is 55.6 Å². The summed E-state index contributed by atoms with van der Waals surface area (Å²) in [5, 5.41) is 2.87. The van der Waals surface area contributed by atoms with Crippen molar-refractivity contribution in [2.24, 2.45) is 0 Å². The molecule has 162 valence electrons. The van der Waals surface area contributed by atoms with E-state index in [0.29, 0.717) is 17.1 Å². The van der Waals surface area contributed by atoms with Crippen molar-refractivity contribution in [2.75, 3.05) is 23.8 Å². The molecule has 0 aliphatic carbocycles. The van der Waals surface area contributed by atoms with Crippen LogP contribution in [0.5, 0.6) is 5.75 Å². The van der Waals surface area contributed by atoms with E-state index in [0.717, 1.165) is 16.7 Å². The van der Waals surface area contributed by atoms with E-state index >= 15 is 0 Å². The normalized spacial score (nSPS) is 11.1. The average molecular weight is 439 g/mol. The lowest BCUT2D eigenvalue weighted by Crippen LogP contribution is -2.26. The lowest BCUT2D eigenvalue weighted by atomic mass is 10.1. The fourth-order valence-corrected chi connectivity index (χ4v) is 4.33. The highest BCUT2D eigenvalue weighted by atomic mass is 32.2. The summed E-state index contributed by atoms with van der Waals surface area (Å²) >= 11 is 0. The smallest absolute Gasteiger partial charge is 0.264 e. The molecule has 0 saturated carbocycles. The second-order valence-electron chi connectivity index (χ2n) is 7.38. The monoisotopic (exact) mass is 438 g/mol. The molecule has 0 bridgehead atoms. The van der Waals surface area contributed by atoms with Crippen LogP contribution in [0.2, 0.25) is 0 Å². The second-order valence-corrected chi connectivity index (χ2v) is 9.35. The van der Waals surface area contributed by atoms with Gasteiger partial charge in [0, 0.05) is 7.05 Å². The van der Waals surface area contributed by atoms with Gasteiger partial charge < -0.3 is 10.1 Å². The molecule has 3 aromatic rings. The maximum atomic E-state index is 12.8. The molecule has 0 atom stereocenters. The van der Waals surface area contributed by atoms with Gasteiger partial charge in [-0.3, -0.25) is 9.10 Å². The number of carbonyl (C=O) groups excluding carboxylic acids is 1. The Bertz CT molecular complexity index is 1170. The molecule has 0 heterocycles. The van der Waals surface area contributed by atoms with Crippen molar-refractivity contribution in [3.63, 3.8) is 0 Å². The van der Waals surface area contributed by atoms with Crippen LogP contribution >= 0.6 is 0 Å². The molecule has 7 heteroatoms. The molecule has 0 unspecified atom stereocenters. The van der Waals surface area contributed by atoms with Gasteiger partial charge in [0.25, 0.3) is 10.0 Å². The maximum Gasteiger partial charge on any atom is 0.264 e. The van der Waals surface area contributed by atoms with Crippen molar-refractivity contribution in [1.29, 1.82) is 0 Å². The van der Waals surface area contributed by atoms with Crippen LogP contribution in [-0.4, -0.2) is 28.5 Å². The van der Waals surface area contributed by atoms with Crippen LogP contribution in [0, 0.1) is 13.8 Å². The van der Waals surface area contributed by atoms with Crippen molar-refractivity contribution < 1.29 is 17.9 Å². The van der Waals surface area contributed by atoms with Crippen LogP contribution < -0.4 is 14.4 Å². The molecule has 31 heavy (non-hydrogen) atoms. The Balaban J connectivity index is 1.70. The standard InChI is InChI=1S/C24H26N2O4S/c1-17-5-12-21(13-6-17)31(28,29)26(3)20-10-8-19(9-11-20)16-24(27)25-22-15-18(2)7-14-23(22)30-4/h5-15H,16H2,1-4H3,(H,25,27). The first-order valence-electron chi connectivity index (χ1n) is 9.80. The summed E-state index contributed by atoms with van der Waals surface area (Å²) in [6, 6.07) is 19.2. The molecular weight excluding hydrogens is 412 g/mol. The predicted molar refractivity (Wildman–Crippen MR) is 123 cm³/mol. The van der Waals surface area contributed by atoms with Gasteiger partial charge in [0.05, 0.1) is 29.8 Å². The zero-order valence-electron chi connectivity index (χ0n) is 18.0. The number of nitrogens with one attached hydrogen (secondary N) is 1. The van der Waals surface area contributed by atoms with E-state index in [2.05, 4.69) is 5.32 Å². The molecule has 0 aliphatic heterocycles. The Morgan fingerprint density at radius 1 is 0.935 bits per heavy atom. The van der Waals surface area contributed by atoms with E-state index in [1.807, 2.05) is 32.0 Å². The maximum absolute atomic E-state index is 12.8. The minimum Gasteiger partial charge on any atom is -0.495 e. The van der Waals surface area contributed by atoms with Crippen molar-refractivity contribution >= 4 is 27.3 Å². The molecule has 0 radical (unpaired) electrons. The van der Waals surface area contributed by atoms with Crippen LogP contribution in [0.15, 0.2) is 71.6 Å². The van der Waals surface area contributed by atoms with E-state index in [4.69, 9.17) is 4.74 Å². The number of hydrogen-bond acceptors (Lipinski definition) is 4. The fraction of sp³-hybridized carbons (Fsp3) is 0.208. The lowest BCUT2D eigenvalue weighted by Gasteiger charge is -2.20. The summed E-state index contributed by atoms with van der Waals surface area (Å²) < 4.78 is 32.2. The number of benzene rings is 3. The van der Waals surface area contributed by atoms with E-state index in [1.165, 1.54) is 11.4 Å². The molecular formula is C24H26N2O4S. The number of hydrogen-bond donors (Lipinski definition) is 1. The summed E-state index contributed by atoms with van der Waals surface area (Å²) in [5.74, 6) is 0.412. The number of nitrogens with zero attached hydrogens (tertiary/aromatic N) is 1. The molecule has 0 aromatic heterocycles. The molecule has 0 saturated heterocycles. The van der Waals surface area contributed by atoms with E-state index in [-0.39, 0.29) is 17.2 Å². The zero-order chi connectivity index (χ0) is 22.6. The summed E-state index contributed by atoms with van der Waals surface area (Å²) in [6.45, 7) is 3.85. The Hall–Kier alpha value is -3.32. The van der Waals surface area contributed by atoms with Crippen molar-refractivity contribution in [2.45, 2.75) is 25.2 Å². The molecule has 1 amide bonds. The Morgan fingerprint density at radius 3 is 2.16 bits per heavy atom. The van der Waals surface area contributed by atoms with Crippen LogP contribution in [0.1, 0.15) is 16.7 Å². The number of carbonyl (C=O) groups is 1. The molecule has 6 nitrogen and oxygen atoms in total. The number of methoxy groups -OCH3 is 1. The third-order valence-corrected chi connectivity index (χ3v) is 6.77. The highest BCUT2D eigenvalue weighted by Gasteiger charge is 2.21. The first kappa shape index (κ1) is 22.4. The lowest BCUT2D eigenvalue weighted by molar-refractivity contribution is -0.115. The van der Waals surface area contributed by atoms with Gasteiger partial charge in [0.1, 0.15) is 5.75 Å². The number of ether oxygens (including phenoxy) is 1. The third-order valence-electron chi connectivity index (χ3n) is 4.97. The molecule has 1 N–H and O–H groups in total. The minimum absolute atomic E-state index is 0.159. The van der Waals surface area contributed by atoms with Crippen LogP contribution in [0.25, 0.3) is 0 Å². The Morgan fingerprint density at radius 2 is 1.55 bits per heavy atom. The number of amides is 1. The number of sulfonamides is 1. The van der Waals surface area contributed by atoms with Gasteiger partial charge in [-0.1, -0.05) is 35.9 Å². The topological polar surface area (TPSA) is 75.7 Å². The summed E-state index contributed by atoms with van der Waals surface area (Å²) in [4.78, 5) is 12.7. The third kappa shape index (κ3) is 5.24. The van der Waals surface area contributed by atoms with Gasteiger partial charge in [-0.15, -0.1) is 0 Å². The second kappa shape index (κ2) is 9.22. The largest absolute Gasteiger partial charge is 0.495 e. The molecule has 3 aromatic carbocycles. The van der Waals surface area contributed by atoms with Crippen LogP contribution in [0.3, 0.4) is 0 Å². The van der Waals surface area contributed by atoms with Gasteiger partial charge in [-0.05, 0) is 61.4 Å². The van der Waals surface area contributed by atoms with Crippen molar-refractivity contribution in [3.05, 3.63) is 83.4 Å². The van der Waals surface area contributed by atoms with Gasteiger partial charge in [0.15, 0.2) is 0 Å². The summed E-state index contributed by atoms with van der Waals surface area (Å²) in [6.07, 6.45) is 0.159. The quantitative estimate of drug-likeness (QED) is 0.596. The highest BCUT2D eigenvalue weighted by molar-refractivity contribution is 7.92. The van der Waals surface area contributed by atoms with Crippen LogP contribution in [0.4, 0.5) is 11.4 Å². The molecule has 0 fully saturated rings. The zero-order valence-corrected chi connectivity index (χ0v) is 18.9. The average Bonchev–Trinajstić information content (AvgIpc) is 2.74. The summed E-state index contributed by atoms with van der Waals surface area (Å²) in [5.41, 5.74) is 3.91. The van der Waals surface area contributed by atoms with Crippen molar-refractivity contribution in [3.8, 4) is 5.75 Å². The van der Waals surface area contributed by atoms with Gasteiger partial charge in [-0.25, -0.2) is 8.42 Å². The Kier molecular flexibility index (Phi) is 6.65. The number of rotatable bonds is 7. The fourth-order valence-electron chi connectivity index (χ4n) is 3.13. The Labute approximate surface area is 183 Å². The van der Waals surface area contributed by atoms with Crippen LogP contribution in [-0.2, 0) is 21.2 Å².